The highest BCUT2D eigenvalue weighted by molar-refractivity contribution is 5.82. The van der Waals surface area contributed by atoms with Crippen molar-refractivity contribution in [1.82, 2.24) is 15.1 Å². The van der Waals surface area contributed by atoms with E-state index in [4.69, 9.17) is 0 Å². The van der Waals surface area contributed by atoms with Gasteiger partial charge >= 0.3 is 0 Å². The number of hydrogen-bond donors (Lipinski definition) is 1. The second-order valence-corrected chi connectivity index (χ2v) is 5.53. The van der Waals surface area contributed by atoms with Crippen LogP contribution < -0.4 is 5.32 Å². The minimum Gasteiger partial charge on any atom is -0.339 e. The highest BCUT2D eigenvalue weighted by Gasteiger charge is 2.30. The number of nitrogens with one attached hydrogen (secondary N) is 1. The van der Waals surface area contributed by atoms with Crippen LogP contribution in [0.1, 0.15) is 46.5 Å². The third-order valence-electron chi connectivity index (χ3n) is 4.34. The summed E-state index contributed by atoms with van der Waals surface area (Å²) < 4.78 is 0. The van der Waals surface area contributed by atoms with Gasteiger partial charge in [-0.25, -0.2) is 0 Å². The summed E-state index contributed by atoms with van der Waals surface area (Å²) in [5, 5.41) is 3.13. The number of nitrogens with zero attached hydrogens (tertiary/aromatic N) is 2. The van der Waals surface area contributed by atoms with Gasteiger partial charge in [0.25, 0.3) is 0 Å². The van der Waals surface area contributed by atoms with E-state index < -0.39 is 0 Å². The molecule has 0 spiro atoms. The number of carbonyl (C=O) groups excluding carboxylic acids is 1. The van der Waals surface area contributed by atoms with E-state index in [0.717, 1.165) is 45.4 Å². The number of amides is 1. The number of likely N-dealkylation sites (N-methyl/N-ethyl adjacent to an activating group) is 1. The topological polar surface area (TPSA) is 35.6 Å². The van der Waals surface area contributed by atoms with Crippen LogP contribution in [-0.4, -0.2) is 61.0 Å². The molecule has 0 radical (unpaired) electrons. The average molecular weight is 269 g/mol. The Morgan fingerprint density at radius 1 is 1.42 bits per heavy atom. The van der Waals surface area contributed by atoms with Gasteiger partial charge in [-0.05, 0) is 59.3 Å². The zero-order chi connectivity index (χ0) is 14.3. The van der Waals surface area contributed by atoms with E-state index in [9.17, 15) is 4.79 Å². The fraction of sp³-hybridized carbons (Fsp3) is 0.933. The van der Waals surface area contributed by atoms with E-state index >= 15 is 0 Å². The third kappa shape index (κ3) is 4.77. The first-order chi connectivity index (χ1) is 9.13. The summed E-state index contributed by atoms with van der Waals surface area (Å²) in [6.07, 6.45) is 4.39. The zero-order valence-corrected chi connectivity index (χ0v) is 13.1. The maximum atomic E-state index is 12.3. The van der Waals surface area contributed by atoms with Gasteiger partial charge in [-0.2, -0.15) is 0 Å². The molecule has 112 valence electrons. The van der Waals surface area contributed by atoms with Gasteiger partial charge in [0, 0.05) is 12.6 Å². The molecule has 1 heterocycles. The highest BCUT2D eigenvalue weighted by Crippen LogP contribution is 2.17. The third-order valence-corrected chi connectivity index (χ3v) is 4.34. The van der Waals surface area contributed by atoms with Crippen molar-refractivity contribution in [3.63, 3.8) is 0 Å². The Morgan fingerprint density at radius 3 is 2.68 bits per heavy atom. The van der Waals surface area contributed by atoms with Crippen molar-refractivity contribution in [2.45, 2.75) is 58.5 Å². The van der Waals surface area contributed by atoms with E-state index in [1.807, 2.05) is 7.05 Å². The Kier molecular flexibility index (Phi) is 7.39. The number of carbonyl (C=O) groups is 1. The van der Waals surface area contributed by atoms with E-state index in [0.29, 0.717) is 11.9 Å². The molecule has 19 heavy (non-hydrogen) atoms. The maximum absolute atomic E-state index is 12.3. The molecule has 1 amide bonds. The van der Waals surface area contributed by atoms with Crippen LogP contribution >= 0.6 is 0 Å². The van der Waals surface area contributed by atoms with E-state index in [-0.39, 0.29) is 6.04 Å². The summed E-state index contributed by atoms with van der Waals surface area (Å²) in [7, 11) is 1.89. The molecule has 1 N–H and O–H groups in total. The molecule has 0 aromatic carbocycles. The molecule has 4 nitrogen and oxygen atoms in total. The van der Waals surface area contributed by atoms with Gasteiger partial charge in [0.05, 0.1) is 6.04 Å². The van der Waals surface area contributed by atoms with Gasteiger partial charge in [-0.3, -0.25) is 4.79 Å². The number of likely N-dealkylation sites (tertiary alicyclic amines) is 1. The van der Waals surface area contributed by atoms with Gasteiger partial charge in [0.15, 0.2) is 0 Å². The first kappa shape index (κ1) is 16.4. The average Bonchev–Trinajstić information content (AvgIpc) is 2.43. The maximum Gasteiger partial charge on any atom is 0.239 e. The highest BCUT2D eigenvalue weighted by atomic mass is 16.2. The summed E-state index contributed by atoms with van der Waals surface area (Å²) in [5.74, 6) is 0.295. The van der Waals surface area contributed by atoms with Crippen LogP contribution in [0.3, 0.4) is 0 Å². The molecular formula is C15H31N3O. The predicted octanol–water partition coefficient (Wildman–Crippen LogP) is 1.71. The molecule has 1 saturated heterocycles. The van der Waals surface area contributed by atoms with Crippen LogP contribution in [0.5, 0.6) is 0 Å². The van der Waals surface area contributed by atoms with E-state index in [2.05, 4.69) is 35.9 Å². The normalized spacial score (nSPS) is 22.1. The van der Waals surface area contributed by atoms with Gasteiger partial charge in [0.2, 0.25) is 5.91 Å². The lowest BCUT2D eigenvalue weighted by Gasteiger charge is -2.36. The first-order valence-electron chi connectivity index (χ1n) is 7.84. The van der Waals surface area contributed by atoms with E-state index in [1.54, 1.807) is 0 Å². The summed E-state index contributed by atoms with van der Waals surface area (Å²) in [6.45, 7) is 10.9. The molecule has 2 unspecified atom stereocenters. The smallest absolute Gasteiger partial charge is 0.239 e. The standard InChI is InChI=1S/C15H31N3O/c1-5-17(6-2)11-7-9-13(3)18-12-8-10-14(16-4)15(18)19/h13-14,16H,5-12H2,1-4H3. The van der Waals surface area contributed by atoms with Crippen LogP contribution in [0.25, 0.3) is 0 Å². The Labute approximate surface area is 118 Å². The van der Waals surface area contributed by atoms with Crippen molar-refractivity contribution >= 4 is 5.91 Å². The molecule has 0 aromatic rings. The molecule has 1 aliphatic heterocycles. The van der Waals surface area contributed by atoms with Gasteiger partial charge in [-0.1, -0.05) is 13.8 Å². The van der Waals surface area contributed by atoms with Crippen LogP contribution in [0.4, 0.5) is 0 Å². The van der Waals surface area contributed by atoms with Crippen molar-refractivity contribution in [1.29, 1.82) is 0 Å². The van der Waals surface area contributed by atoms with Crippen LogP contribution in [0.15, 0.2) is 0 Å². The lowest BCUT2D eigenvalue weighted by molar-refractivity contribution is -0.138. The summed E-state index contributed by atoms with van der Waals surface area (Å²) in [5.41, 5.74) is 0. The van der Waals surface area contributed by atoms with Crippen LogP contribution in [-0.2, 0) is 4.79 Å². The van der Waals surface area contributed by atoms with Crippen molar-refractivity contribution in [3.05, 3.63) is 0 Å². The predicted molar refractivity (Wildman–Crippen MR) is 80.3 cm³/mol. The van der Waals surface area contributed by atoms with Crippen molar-refractivity contribution in [2.24, 2.45) is 0 Å². The zero-order valence-electron chi connectivity index (χ0n) is 13.1. The van der Waals surface area contributed by atoms with Gasteiger partial charge < -0.3 is 15.1 Å². The lowest BCUT2D eigenvalue weighted by atomic mass is 10.0. The second-order valence-electron chi connectivity index (χ2n) is 5.53. The van der Waals surface area contributed by atoms with Crippen LogP contribution in [0, 0.1) is 0 Å². The minimum absolute atomic E-state index is 0.0407. The quantitative estimate of drug-likeness (QED) is 0.728. The summed E-state index contributed by atoms with van der Waals surface area (Å²) in [6, 6.07) is 0.415. The van der Waals surface area contributed by atoms with Gasteiger partial charge in [0.1, 0.15) is 0 Å². The van der Waals surface area contributed by atoms with Crippen LogP contribution in [0.2, 0.25) is 0 Å². The summed E-state index contributed by atoms with van der Waals surface area (Å²) >= 11 is 0. The molecule has 0 aromatic heterocycles. The molecule has 4 heteroatoms. The first-order valence-corrected chi connectivity index (χ1v) is 7.84. The molecule has 1 fully saturated rings. The second kappa shape index (κ2) is 8.54. The van der Waals surface area contributed by atoms with E-state index in [1.165, 1.54) is 6.42 Å². The molecule has 0 bridgehead atoms. The van der Waals surface area contributed by atoms with Crippen molar-refractivity contribution in [2.75, 3.05) is 33.2 Å². The van der Waals surface area contributed by atoms with Gasteiger partial charge in [-0.15, -0.1) is 0 Å². The Hall–Kier alpha value is -0.610. The Bertz CT molecular complexity index is 266. The van der Waals surface area contributed by atoms with Crippen molar-refractivity contribution in [3.8, 4) is 0 Å². The molecule has 0 saturated carbocycles. The number of rotatable bonds is 8. The Morgan fingerprint density at radius 2 is 2.11 bits per heavy atom. The summed E-state index contributed by atoms with van der Waals surface area (Å²) in [4.78, 5) is 16.8. The van der Waals surface area contributed by atoms with Crippen molar-refractivity contribution < 1.29 is 4.79 Å². The number of hydrogen-bond acceptors (Lipinski definition) is 3. The monoisotopic (exact) mass is 269 g/mol. The lowest BCUT2D eigenvalue weighted by Crippen LogP contribution is -2.52. The fourth-order valence-corrected chi connectivity index (χ4v) is 2.91. The molecule has 2 atom stereocenters. The minimum atomic E-state index is 0.0407. The SMILES string of the molecule is CCN(CC)CCCC(C)N1CCCC(NC)C1=O. The molecular weight excluding hydrogens is 238 g/mol. The largest absolute Gasteiger partial charge is 0.339 e. The molecule has 0 aliphatic carbocycles. The molecule has 1 aliphatic rings. The Balaban J connectivity index is 2.36. The fourth-order valence-electron chi connectivity index (χ4n) is 2.91. The molecule has 1 rings (SSSR count). The number of piperidine rings is 1.